The second-order valence-electron chi connectivity index (χ2n) is 5.93. The molecule has 1 amide bonds. The Hall–Kier alpha value is -2.48. The van der Waals surface area contributed by atoms with E-state index in [4.69, 9.17) is 0 Å². The first-order valence-corrected chi connectivity index (χ1v) is 7.52. The Bertz CT molecular complexity index is 900. The van der Waals surface area contributed by atoms with Gasteiger partial charge in [-0.25, -0.2) is 14.9 Å². The van der Waals surface area contributed by atoms with Crippen LogP contribution in [0.3, 0.4) is 0 Å². The Labute approximate surface area is 129 Å². The second-order valence-corrected chi connectivity index (χ2v) is 6.96. The van der Waals surface area contributed by atoms with Gasteiger partial charge in [0.25, 0.3) is 5.91 Å². The van der Waals surface area contributed by atoms with Crippen LogP contribution in [0.25, 0.3) is 10.2 Å². The first kappa shape index (κ1) is 14.5. The summed E-state index contributed by atoms with van der Waals surface area (Å²) in [5, 5.41) is 9.49. The van der Waals surface area contributed by atoms with Crippen molar-refractivity contribution in [2.45, 2.75) is 26.2 Å². The molecular weight excluding hydrogens is 302 g/mol. The van der Waals surface area contributed by atoms with E-state index in [1.807, 2.05) is 12.1 Å². The van der Waals surface area contributed by atoms with Crippen LogP contribution < -0.4 is 11.0 Å². The molecule has 0 bridgehead atoms. The van der Waals surface area contributed by atoms with Gasteiger partial charge in [-0.1, -0.05) is 20.8 Å². The molecule has 0 fully saturated rings. The number of carbonyl (C=O) groups excluding carboxylic acids is 1. The van der Waals surface area contributed by atoms with Crippen molar-refractivity contribution in [1.29, 1.82) is 0 Å². The normalized spacial score (nSPS) is 11.8. The lowest BCUT2D eigenvalue weighted by atomic mass is 9.98. The first-order chi connectivity index (χ1) is 10.3. The summed E-state index contributed by atoms with van der Waals surface area (Å²) in [6.45, 7) is 6.34. The van der Waals surface area contributed by atoms with Crippen LogP contribution in [0, 0.1) is 0 Å². The highest BCUT2D eigenvalue weighted by atomic mass is 32.1. The number of amides is 1. The van der Waals surface area contributed by atoms with Crippen molar-refractivity contribution in [3.05, 3.63) is 39.5 Å². The molecule has 2 heterocycles. The van der Waals surface area contributed by atoms with E-state index in [2.05, 4.69) is 46.3 Å². The molecule has 8 heteroatoms. The van der Waals surface area contributed by atoms with E-state index in [-0.39, 0.29) is 11.2 Å². The number of carbonyl (C=O) groups is 1. The van der Waals surface area contributed by atoms with Gasteiger partial charge in [0.05, 0.1) is 15.2 Å². The Morgan fingerprint density at radius 2 is 2.09 bits per heavy atom. The van der Waals surface area contributed by atoms with E-state index in [0.717, 1.165) is 15.2 Å². The number of aromatic amines is 2. The highest BCUT2D eigenvalue weighted by Crippen LogP contribution is 2.32. The van der Waals surface area contributed by atoms with E-state index in [0.29, 0.717) is 5.69 Å². The van der Waals surface area contributed by atoms with E-state index < -0.39 is 11.6 Å². The van der Waals surface area contributed by atoms with Gasteiger partial charge in [-0.3, -0.25) is 9.78 Å². The number of thiazole rings is 1. The molecule has 7 nitrogen and oxygen atoms in total. The maximum atomic E-state index is 12.0. The molecule has 0 aliphatic rings. The SMILES string of the molecule is CC(C)(C)c1nc2ccc(NC(=O)c3n[nH]c(=O)[nH]3)cc2s1. The Morgan fingerprint density at radius 3 is 2.73 bits per heavy atom. The third-order valence-corrected chi connectivity index (χ3v) is 4.45. The molecule has 0 aliphatic heterocycles. The second kappa shape index (κ2) is 5.06. The number of anilines is 1. The van der Waals surface area contributed by atoms with Crippen molar-refractivity contribution in [3.63, 3.8) is 0 Å². The number of benzene rings is 1. The van der Waals surface area contributed by atoms with Crippen LogP contribution in [0.1, 0.15) is 36.4 Å². The van der Waals surface area contributed by atoms with Crippen molar-refractivity contribution in [3.8, 4) is 0 Å². The molecule has 0 saturated carbocycles. The van der Waals surface area contributed by atoms with Gasteiger partial charge in [0.1, 0.15) is 0 Å². The molecule has 1 aromatic carbocycles. The molecule has 0 radical (unpaired) electrons. The number of nitrogens with zero attached hydrogens (tertiary/aromatic N) is 2. The average molecular weight is 317 g/mol. The van der Waals surface area contributed by atoms with Gasteiger partial charge < -0.3 is 5.32 Å². The molecule has 0 spiro atoms. The maximum absolute atomic E-state index is 12.0. The van der Waals surface area contributed by atoms with E-state index >= 15 is 0 Å². The summed E-state index contributed by atoms with van der Waals surface area (Å²) in [7, 11) is 0. The van der Waals surface area contributed by atoms with Gasteiger partial charge in [0, 0.05) is 11.1 Å². The molecule has 3 aromatic rings. The Balaban J connectivity index is 1.89. The zero-order valence-corrected chi connectivity index (χ0v) is 13.2. The van der Waals surface area contributed by atoms with Crippen molar-refractivity contribution < 1.29 is 4.79 Å². The highest BCUT2D eigenvalue weighted by Gasteiger charge is 2.19. The van der Waals surface area contributed by atoms with E-state index in [9.17, 15) is 9.59 Å². The smallest absolute Gasteiger partial charge is 0.319 e. The number of rotatable bonds is 2. The van der Waals surface area contributed by atoms with Gasteiger partial charge in [-0.15, -0.1) is 16.4 Å². The molecule has 3 N–H and O–H groups in total. The lowest BCUT2D eigenvalue weighted by Crippen LogP contribution is -2.14. The highest BCUT2D eigenvalue weighted by molar-refractivity contribution is 7.18. The molecule has 0 unspecified atom stereocenters. The fraction of sp³-hybridized carbons (Fsp3) is 0.286. The summed E-state index contributed by atoms with van der Waals surface area (Å²) >= 11 is 1.60. The maximum Gasteiger partial charge on any atom is 0.341 e. The number of aromatic nitrogens is 4. The van der Waals surface area contributed by atoms with Gasteiger partial charge in [-0.05, 0) is 18.2 Å². The zero-order valence-electron chi connectivity index (χ0n) is 12.4. The summed E-state index contributed by atoms with van der Waals surface area (Å²) in [6, 6.07) is 5.51. The third-order valence-electron chi connectivity index (χ3n) is 3.00. The molecule has 22 heavy (non-hydrogen) atoms. The molecule has 0 atom stereocenters. The Kier molecular flexibility index (Phi) is 3.32. The van der Waals surface area contributed by atoms with Crippen LogP contribution in [-0.2, 0) is 5.41 Å². The van der Waals surface area contributed by atoms with Crippen molar-refractivity contribution in [2.24, 2.45) is 0 Å². The van der Waals surface area contributed by atoms with Gasteiger partial charge >= 0.3 is 5.69 Å². The quantitative estimate of drug-likeness (QED) is 0.674. The van der Waals surface area contributed by atoms with Crippen LogP contribution in [-0.4, -0.2) is 26.1 Å². The number of hydrogen-bond donors (Lipinski definition) is 3. The van der Waals surface area contributed by atoms with Crippen LogP contribution in [0.4, 0.5) is 5.69 Å². The van der Waals surface area contributed by atoms with E-state index in [1.54, 1.807) is 17.4 Å². The largest absolute Gasteiger partial charge is 0.341 e. The minimum atomic E-state index is -0.516. The van der Waals surface area contributed by atoms with Crippen molar-refractivity contribution in [1.82, 2.24) is 20.2 Å². The van der Waals surface area contributed by atoms with Gasteiger partial charge in [0.2, 0.25) is 5.82 Å². The minimum Gasteiger partial charge on any atom is -0.319 e. The van der Waals surface area contributed by atoms with Crippen LogP contribution in [0.15, 0.2) is 23.0 Å². The van der Waals surface area contributed by atoms with Gasteiger partial charge in [-0.2, -0.15) is 0 Å². The molecular formula is C14H15N5O2S. The fourth-order valence-corrected chi connectivity index (χ4v) is 2.95. The number of hydrogen-bond acceptors (Lipinski definition) is 5. The summed E-state index contributed by atoms with van der Waals surface area (Å²) < 4.78 is 0.998. The summed E-state index contributed by atoms with van der Waals surface area (Å²) in [4.78, 5) is 29.8. The van der Waals surface area contributed by atoms with Crippen molar-refractivity contribution >= 4 is 33.1 Å². The average Bonchev–Trinajstić information content (AvgIpc) is 3.03. The first-order valence-electron chi connectivity index (χ1n) is 6.70. The van der Waals surface area contributed by atoms with Crippen LogP contribution in [0.2, 0.25) is 0 Å². The lowest BCUT2D eigenvalue weighted by molar-refractivity contribution is 0.101. The number of H-pyrrole nitrogens is 2. The lowest BCUT2D eigenvalue weighted by Gasteiger charge is -2.13. The third kappa shape index (κ3) is 2.77. The molecule has 0 aliphatic carbocycles. The van der Waals surface area contributed by atoms with Crippen LogP contribution in [0.5, 0.6) is 0 Å². The number of fused-ring (bicyclic) bond motifs is 1. The standard InChI is InChI=1S/C14H15N5O2S/c1-14(2,3)12-16-8-5-4-7(6-9(8)22-12)15-11(20)10-17-13(21)19-18-10/h4-6H,1-3H3,(H,15,20)(H2,17,18,19,21). The summed E-state index contributed by atoms with van der Waals surface area (Å²) in [6.07, 6.45) is 0. The van der Waals surface area contributed by atoms with Crippen LogP contribution >= 0.6 is 11.3 Å². The summed E-state index contributed by atoms with van der Waals surface area (Å²) in [5.74, 6) is -0.525. The fourth-order valence-electron chi connectivity index (χ4n) is 1.89. The summed E-state index contributed by atoms with van der Waals surface area (Å²) in [5.41, 5.74) is 1.01. The minimum absolute atomic E-state index is 0.0123. The topological polar surface area (TPSA) is 104 Å². The Morgan fingerprint density at radius 1 is 1.32 bits per heavy atom. The predicted octanol–water partition coefficient (Wildman–Crippen LogP) is 2.26. The molecule has 2 aromatic heterocycles. The molecule has 3 rings (SSSR count). The molecule has 0 saturated heterocycles. The zero-order chi connectivity index (χ0) is 15.9. The predicted molar refractivity (Wildman–Crippen MR) is 85.5 cm³/mol. The van der Waals surface area contributed by atoms with E-state index in [1.165, 1.54) is 0 Å². The van der Waals surface area contributed by atoms with Gasteiger partial charge in [0.15, 0.2) is 0 Å². The molecule has 114 valence electrons. The monoisotopic (exact) mass is 317 g/mol. The van der Waals surface area contributed by atoms with Crippen molar-refractivity contribution in [2.75, 3.05) is 5.32 Å². The number of nitrogens with one attached hydrogen (secondary N) is 3.